The van der Waals surface area contributed by atoms with Gasteiger partial charge >= 0.3 is 0 Å². The molecule has 0 bridgehead atoms. The van der Waals surface area contributed by atoms with E-state index in [1.807, 2.05) is 30.3 Å². The first kappa shape index (κ1) is 22.6. The van der Waals surface area contributed by atoms with Crippen LogP contribution >= 0.6 is 11.6 Å². The lowest BCUT2D eigenvalue weighted by molar-refractivity contribution is -0.132. The predicted octanol–water partition coefficient (Wildman–Crippen LogP) is 3.99. The van der Waals surface area contributed by atoms with Gasteiger partial charge in [0.1, 0.15) is 5.75 Å². The highest BCUT2D eigenvalue weighted by molar-refractivity contribution is 7.89. The maximum atomic E-state index is 12.6. The Morgan fingerprint density at radius 2 is 1.83 bits per heavy atom. The van der Waals surface area contributed by atoms with Gasteiger partial charge in [0.25, 0.3) is 5.91 Å². The molecule has 162 valence electrons. The number of hydrogen-bond donors (Lipinski definition) is 1. The maximum Gasteiger partial charge on any atom is 0.260 e. The predicted molar refractivity (Wildman–Crippen MR) is 117 cm³/mol. The summed E-state index contributed by atoms with van der Waals surface area (Å²) in [5, 5.41) is 0.153. The molecule has 0 saturated heterocycles. The smallest absolute Gasteiger partial charge is 0.260 e. The monoisotopic (exact) mass is 450 g/mol. The second-order valence-corrected chi connectivity index (χ2v) is 9.69. The highest BCUT2D eigenvalue weighted by atomic mass is 35.5. The lowest BCUT2D eigenvalue weighted by atomic mass is 9.96. The fourth-order valence-corrected chi connectivity index (χ4v) is 5.10. The van der Waals surface area contributed by atoms with E-state index in [1.54, 1.807) is 11.9 Å². The van der Waals surface area contributed by atoms with Crippen molar-refractivity contribution >= 4 is 27.5 Å². The number of rotatable bonds is 8. The van der Waals surface area contributed by atoms with E-state index in [2.05, 4.69) is 4.72 Å². The number of nitrogens with one attached hydrogen (secondary N) is 1. The van der Waals surface area contributed by atoms with Crippen LogP contribution in [-0.4, -0.2) is 38.9 Å². The van der Waals surface area contributed by atoms with Gasteiger partial charge in [0.15, 0.2) is 6.61 Å². The number of carbonyl (C=O) groups excluding carboxylic acids is 1. The van der Waals surface area contributed by atoms with Gasteiger partial charge in [0.2, 0.25) is 10.0 Å². The van der Waals surface area contributed by atoms with Crippen molar-refractivity contribution in [1.82, 2.24) is 9.62 Å². The van der Waals surface area contributed by atoms with Crippen LogP contribution in [0, 0.1) is 0 Å². The van der Waals surface area contributed by atoms with E-state index in [0.29, 0.717) is 6.54 Å². The summed E-state index contributed by atoms with van der Waals surface area (Å²) in [4.78, 5) is 14.0. The zero-order chi connectivity index (χ0) is 21.6. The van der Waals surface area contributed by atoms with Gasteiger partial charge in [-0.15, -0.1) is 0 Å². The van der Waals surface area contributed by atoms with Crippen molar-refractivity contribution in [3.05, 3.63) is 59.1 Å². The van der Waals surface area contributed by atoms with E-state index >= 15 is 0 Å². The number of amides is 1. The quantitative estimate of drug-likeness (QED) is 0.659. The number of ether oxygens (including phenoxy) is 1. The van der Waals surface area contributed by atoms with Gasteiger partial charge in [0.05, 0.1) is 9.92 Å². The molecule has 8 heteroatoms. The Morgan fingerprint density at radius 3 is 2.50 bits per heavy atom. The number of likely N-dealkylation sites (N-methyl/N-ethyl adjacent to an activating group) is 1. The van der Waals surface area contributed by atoms with Crippen molar-refractivity contribution in [1.29, 1.82) is 0 Å². The van der Waals surface area contributed by atoms with Crippen molar-refractivity contribution in [3.63, 3.8) is 0 Å². The summed E-state index contributed by atoms with van der Waals surface area (Å²) in [5.74, 6) is 0.0697. The van der Waals surface area contributed by atoms with Crippen LogP contribution < -0.4 is 9.46 Å². The first-order valence-corrected chi connectivity index (χ1v) is 11.9. The molecule has 0 heterocycles. The molecule has 1 aliphatic rings. The zero-order valence-electron chi connectivity index (χ0n) is 17.0. The Hall–Kier alpha value is -2.09. The summed E-state index contributed by atoms with van der Waals surface area (Å²) in [6, 6.07) is 13.9. The van der Waals surface area contributed by atoms with Crippen LogP contribution in [0.25, 0.3) is 0 Å². The largest absolute Gasteiger partial charge is 0.482 e. The molecule has 1 aliphatic carbocycles. The van der Waals surface area contributed by atoms with Gasteiger partial charge in [-0.1, -0.05) is 61.2 Å². The minimum absolute atomic E-state index is 0.0313. The molecule has 0 unspecified atom stereocenters. The second kappa shape index (κ2) is 10.3. The molecule has 6 nitrogen and oxygen atoms in total. The molecule has 1 amide bonds. The Morgan fingerprint density at radius 1 is 1.13 bits per heavy atom. The topological polar surface area (TPSA) is 75.7 Å². The van der Waals surface area contributed by atoms with Crippen LogP contribution in [0.2, 0.25) is 5.02 Å². The Labute approximate surface area is 183 Å². The van der Waals surface area contributed by atoms with Gasteiger partial charge < -0.3 is 9.64 Å². The molecule has 0 aromatic heterocycles. The third kappa shape index (κ3) is 6.20. The molecule has 2 aromatic carbocycles. The fraction of sp³-hybridized carbons (Fsp3) is 0.409. The van der Waals surface area contributed by atoms with Crippen LogP contribution in [0.4, 0.5) is 0 Å². The van der Waals surface area contributed by atoms with Crippen LogP contribution in [0.3, 0.4) is 0 Å². The summed E-state index contributed by atoms with van der Waals surface area (Å²) in [7, 11) is -1.94. The Kier molecular flexibility index (Phi) is 7.75. The maximum absolute atomic E-state index is 12.6. The van der Waals surface area contributed by atoms with Gasteiger partial charge in [-0.25, -0.2) is 13.1 Å². The molecule has 1 fully saturated rings. The molecule has 2 aromatic rings. The molecular formula is C22H27ClN2O4S. The van der Waals surface area contributed by atoms with Crippen molar-refractivity contribution in [2.45, 2.75) is 49.6 Å². The normalized spacial score (nSPS) is 15.0. The van der Waals surface area contributed by atoms with Crippen LogP contribution in [0.1, 0.15) is 37.7 Å². The van der Waals surface area contributed by atoms with E-state index in [1.165, 1.54) is 18.2 Å². The molecule has 1 N–H and O–H groups in total. The first-order valence-electron chi connectivity index (χ1n) is 10.1. The van der Waals surface area contributed by atoms with Crippen LogP contribution in [-0.2, 0) is 21.4 Å². The van der Waals surface area contributed by atoms with Crippen molar-refractivity contribution in [2.75, 3.05) is 13.7 Å². The lowest BCUT2D eigenvalue weighted by Gasteiger charge is -2.22. The van der Waals surface area contributed by atoms with E-state index in [9.17, 15) is 13.2 Å². The molecule has 0 atom stereocenters. The van der Waals surface area contributed by atoms with E-state index < -0.39 is 10.0 Å². The number of benzene rings is 2. The van der Waals surface area contributed by atoms with Crippen molar-refractivity contribution in [2.24, 2.45) is 0 Å². The molecular weight excluding hydrogens is 424 g/mol. The highest BCUT2D eigenvalue weighted by Gasteiger charge is 2.23. The number of hydrogen-bond acceptors (Lipinski definition) is 4. The standard InChI is InChI=1S/C22H27ClN2O4S/c1-25(15-17-8-4-2-5-9-17)22(26)16-29-21-13-12-19(14-20(21)23)30(27,28)24-18-10-6-3-7-11-18/h2,4-5,8-9,12-14,18,24H,3,6-7,10-11,15-16H2,1H3. The second-order valence-electron chi connectivity index (χ2n) is 7.57. The highest BCUT2D eigenvalue weighted by Crippen LogP contribution is 2.28. The summed E-state index contributed by atoms with van der Waals surface area (Å²) < 4.78 is 33.5. The number of carbonyl (C=O) groups is 1. The van der Waals surface area contributed by atoms with Crippen LogP contribution in [0.5, 0.6) is 5.75 Å². The molecule has 30 heavy (non-hydrogen) atoms. The minimum atomic E-state index is -3.64. The van der Waals surface area contributed by atoms with Crippen LogP contribution in [0.15, 0.2) is 53.4 Å². The lowest BCUT2D eigenvalue weighted by Crippen LogP contribution is -2.36. The van der Waals surface area contributed by atoms with Gasteiger partial charge in [-0.05, 0) is 36.6 Å². The zero-order valence-corrected chi connectivity index (χ0v) is 18.6. The van der Waals surface area contributed by atoms with Gasteiger partial charge in [-0.3, -0.25) is 4.79 Å². The SMILES string of the molecule is CN(Cc1ccccc1)C(=O)COc1ccc(S(=O)(=O)NC2CCCCC2)cc1Cl. The third-order valence-electron chi connectivity index (χ3n) is 5.18. The van der Waals surface area contributed by atoms with E-state index in [0.717, 1.165) is 37.7 Å². The third-order valence-corrected chi connectivity index (χ3v) is 6.99. The molecule has 1 saturated carbocycles. The first-order chi connectivity index (χ1) is 14.3. The average molecular weight is 451 g/mol. The summed E-state index contributed by atoms with van der Waals surface area (Å²) >= 11 is 6.23. The van der Waals surface area contributed by atoms with E-state index in [4.69, 9.17) is 16.3 Å². The number of halogens is 1. The fourth-order valence-electron chi connectivity index (χ4n) is 3.47. The molecule has 3 rings (SSSR count). The number of sulfonamides is 1. The number of nitrogens with zero attached hydrogens (tertiary/aromatic N) is 1. The van der Waals surface area contributed by atoms with Crippen molar-refractivity contribution in [3.8, 4) is 5.75 Å². The van der Waals surface area contributed by atoms with Crippen molar-refractivity contribution < 1.29 is 17.9 Å². The minimum Gasteiger partial charge on any atom is -0.482 e. The Bertz CT molecular complexity index is 960. The summed E-state index contributed by atoms with van der Waals surface area (Å²) in [5.41, 5.74) is 1.02. The van der Waals surface area contributed by atoms with Gasteiger partial charge in [0, 0.05) is 19.6 Å². The molecule has 0 radical (unpaired) electrons. The molecule has 0 spiro atoms. The van der Waals surface area contributed by atoms with E-state index in [-0.39, 0.29) is 34.2 Å². The average Bonchev–Trinajstić information content (AvgIpc) is 2.73. The Balaban J connectivity index is 1.57. The van der Waals surface area contributed by atoms with Gasteiger partial charge in [-0.2, -0.15) is 0 Å². The summed E-state index contributed by atoms with van der Waals surface area (Å²) in [6.07, 6.45) is 4.93. The summed E-state index contributed by atoms with van der Waals surface area (Å²) in [6.45, 7) is 0.288. The molecule has 0 aliphatic heterocycles.